The fraction of sp³-hybridized carbons (Fsp3) is 0.133. The number of rotatable bonds is 3. The second-order valence-electron chi connectivity index (χ2n) is 4.72. The number of nitrogen functional groups attached to an aromatic ring is 1. The summed E-state index contributed by atoms with van der Waals surface area (Å²) in [7, 11) is 3.75. The molecule has 2 aromatic carbocycles. The molecule has 0 heterocycles. The quantitative estimate of drug-likeness (QED) is 0.855. The molecule has 2 aromatic rings. The van der Waals surface area contributed by atoms with Gasteiger partial charge in [0.2, 0.25) is 0 Å². The smallest absolute Gasteiger partial charge is 0.255 e. The summed E-state index contributed by atoms with van der Waals surface area (Å²) in [6, 6.07) is 8.80. The first-order valence-corrected chi connectivity index (χ1v) is 6.22. The van der Waals surface area contributed by atoms with Gasteiger partial charge in [0.25, 0.3) is 5.91 Å². The van der Waals surface area contributed by atoms with Crippen molar-refractivity contribution in [3.05, 3.63) is 53.6 Å². The van der Waals surface area contributed by atoms with Crippen LogP contribution in [-0.2, 0) is 0 Å². The highest BCUT2D eigenvalue weighted by Gasteiger charge is 2.15. The minimum absolute atomic E-state index is 0.0350. The summed E-state index contributed by atoms with van der Waals surface area (Å²) in [6.07, 6.45) is 0. The van der Waals surface area contributed by atoms with E-state index < -0.39 is 17.5 Å². The average Bonchev–Trinajstić information content (AvgIpc) is 2.47. The maximum atomic E-state index is 13.6. The molecule has 0 radical (unpaired) electrons. The Labute approximate surface area is 121 Å². The molecule has 0 fully saturated rings. The maximum absolute atomic E-state index is 13.6. The molecule has 1 amide bonds. The van der Waals surface area contributed by atoms with Crippen LogP contribution in [0.2, 0.25) is 0 Å². The average molecular weight is 291 g/mol. The Hall–Kier alpha value is -2.63. The van der Waals surface area contributed by atoms with Crippen molar-refractivity contribution < 1.29 is 13.6 Å². The normalized spacial score (nSPS) is 10.3. The van der Waals surface area contributed by atoms with E-state index in [1.807, 2.05) is 19.0 Å². The van der Waals surface area contributed by atoms with E-state index in [0.29, 0.717) is 5.56 Å². The zero-order valence-corrected chi connectivity index (χ0v) is 11.7. The molecule has 0 aliphatic carbocycles. The van der Waals surface area contributed by atoms with E-state index in [9.17, 15) is 13.6 Å². The lowest BCUT2D eigenvalue weighted by atomic mass is 10.1. The lowest BCUT2D eigenvalue weighted by Gasteiger charge is -2.13. The van der Waals surface area contributed by atoms with Crippen LogP contribution in [0.3, 0.4) is 0 Å². The van der Waals surface area contributed by atoms with E-state index in [-0.39, 0.29) is 11.4 Å². The van der Waals surface area contributed by atoms with Gasteiger partial charge in [-0.25, -0.2) is 8.78 Å². The molecular weight excluding hydrogens is 276 g/mol. The third kappa shape index (κ3) is 3.10. The molecule has 0 spiro atoms. The van der Waals surface area contributed by atoms with Crippen molar-refractivity contribution in [1.82, 2.24) is 0 Å². The Bertz CT molecular complexity index is 669. The highest BCUT2D eigenvalue weighted by molar-refractivity contribution is 6.06. The number of benzene rings is 2. The van der Waals surface area contributed by atoms with Crippen molar-refractivity contribution in [1.29, 1.82) is 0 Å². The zero-order chi connectivity index (χ0) is 15.6. The molecule has 0 atom stereocenters. The summed E-state index contributed by atoms with van der Waals surface area (Å²) in [5.41, 5.74) is 6.41. The summed E-state index contributed by atoms with van der Waals surface area (Å²) in [4.78, 5) is 13.9. The number of anilines is 3. The highest BCUT2D eigenvalue weighted by atomic mass is 19.2. The summed E-state index contributed by atoms with van der Waals surface area (Å²) < 4.78 is 26.8. The van der Waals surface area contributed by atoms with E-state index in [4.69, 9.17) is 5.73 Å². The summed E-state index contributed by atoms with van der Waals surface area (Å²) in [5, 5.41) is 2.29. The standard InChI is InChI=1S/C15H15F2N3O/c1-20(2)10-5-3-9(4-6-10)15(21)19-14-12(18)8-7-11(16)13(14)17/h3-8H,18H2,1-2H3,(H,19,21). The molecule has 2 rings (SSSR count). The van der Waals surface area contributed by atoms with E-state index in [1.165, 1.54) is 6.07 Å². The Morgan fingerprint density at radius 3 is 2.29 bits per heavy atom. The largest absolute Gasteiger partial charge is 0.397 e. The van der Waals surface area contributed by atoms with Gasteiger partial charge < -0.3 is 16.0 Å². The first-order chi connectivity index (χ1) is 9.90. The SMILES string of the molecule is CN(C)c1ccc(C(=O)Nc2c(N)ccc(F)c2F)cc1. The van der Waals surface area contributed by atoms with E-state index >= 15 is 0 Å². The second-order valence-corrected chi connectivity index (χ2v) is 4.72. The van der Waals surface area contributed by atoms with Crippen molar-refractivity contribution >= 4 is 23.0 Å². The van der Waals surface area contributed by atoms with E-state index in [2.05, 4.69) is 5.32 Å². The van der Waals surface area contributed by atoms with Crippen molar-refractivity contribution in [2.45, 2.75) is 0 Å². The molecule has 110 valence electrons. The second kappa shape index (κ2) is 5.78. The van der Waals surface area contributed by atoms with Crippen LogP contribution in [0.4, 0.5) is 25.8 Å². The van der Waals surface area contributed by atoms with Gasteiger partial charge in [-0.3, -0.25) is 4.79 Å². The number of nitrogens with one attached hydrogen (secondary N) is 1. The summed E-state index contributed by atoms with van der Waals surface area (Å²) in [6.45, 7) is 0. The fourth-order valence-electron chi connectivity index (χ4n) is 1.79. The zero-order valence-electron chi connectivity index (χ0n) is 11.7. The van der Waals surface area contributed by atoms with E-state index in [1.54, 1.807) is 24.3 Å². The predicted octanol–water partition coefficient (Wildman–Crippen LogP) is 2.87. The number of hydrogen-bond acceptors (Lipinski definition) is 3. The highest BCUT2D eigenvalue weighted by Crippen LogP contribution is 2.25. The van der Waals surface area contributed by atoms with Crippen LogP contribution in [0, 0.1) is 11.6 Å². The minimum atomic E-state index is -1.17. The number of amides is 1. The molecule has 0 aromatic heterocycles. The van der Waals surface area contributed by atoms with Gasteiger partial charge in [-0.2, -0.15) is 0 Å². The molecule has 0 aliphatic heterocycles. The number of nitrogens with zero attached hydrogens (tertiary/aromatic N) is 1. The van der Waals surface area contributed by atoms with Crippen LogP contribution in [0.25, 0.3) is 0 Å². The number of halogens is 2. The molecule has 21 heavy (non-hydrogen) atoms. The molecular formula is C15H15F2N3O. The first-order valence-electron chi connectivity index (χ1n) is 6.22. The van der Waals surface area contributed by atoms with Gasteiger partial charge in [-0.15, -0.1) is 0 Å². The van der Waals surface area contributed by atoms with Gasteiger partial charge in [0.15, 0.2) is 11.6 Å². The number of carbonyl (C=O) groups is 1. The van der Waals surface area contributed by atoms with Gasteiger partial charge in [0, 0.05) is 25.3 Å². The summed E-state index contributed by atoms with van der Waals surface area (Å²) in [5.74, 6) is -2.80. The van der Waals surface area contributed by atoms with Crippen LogP contribution in [-0.4, -0.2) is 20.0 Å². The molecule has 0 saturated heterocycles. The van der Waals surface area contributed by atoms with Gasteiger partial charge in [0.1, 0.15) is 5.69 Å². The Morgan fingerprint density at radius 2 is 1.71 bits per heavy atom. The van der Waals surface area contributed by atoms with Crippen LogP contribution in [0.15, 0.2) is 36.4 Å². The van der Waals surface area contributed by atoms with Crippen molar-refractivity contribution in [3.63, 3.8) is 0 Å². The molecule has 0 bridgehead atoms. The van der Waals surface area contributed by atoms with Crippen molar-refractivity contribution in [2.24, 2.45) is 0 Å². The number of nitrogens with two attached hydrogens (primary N) is 1. The van der Waals surface area contributed by atoms with Crippen LogP contribution < -0.4 is 16.0 Å². The van der Waals surface area contributed by atoms with Crippen molar-refractivity contribution in [2.75, 3.05) is 30.0 Å². The number of hydrogen-bond donors (Lipinski definition) is 2. The fourth-order valence-corrected chi connectivity index (χ4v) is 1.79. The maximum Gasteiger partial charge on any atom is 0.255 e. The van der Waals surface area contributed by atoms with Crippen LogP contribution in [0.1, 0.15) is 10.4 Å². The number of carbonyl (C=O) groups excluding carboxylic acids is 1. The van der Waals surface area contributed by atoms with E-state index in [0.717, 1.165) is 11.8 Å². The summed E-state index contributed by atoms with van der Waals surface area (Å²) >= 11 is 0. The van der Waals surface area contributed by atoms with Gasteiger partial charge in [0.05, 0.1) is 5.69 Å². The van der Waals surface area contributed by atoms with Crippen LogP contribution >= 0.6 is 0 Å². The third-order valence-electron chi connectivity index (χ3n) is 3.01. The molecule has 0 saturated carbocycles. The lowest BCUT2D eigenvalue weighted by Crippen LogP contribution is -2.15. The molecule has 0 unspecified atom stereocenters. The Balaban J connectivity index is 2.24. The molecule has 4 nitrogen and oxygen atoms in total. The molecule has 0 aliphatic rings. The molecule has 3 N–H and O–H groups in total. The van der Waals surface area contributed by atoms with Gasteiger partial charge >= 0.3 is 0 Å². The van der Waals surface area contributed by atoms with Crippen molar-refractivity contribution in [3.8, 4) is 0 Å². The third-order valence-corrected chi connectivity index (χ3v) is 3.01. The monoisotopic (exact) mass is 291 g/mol. The van der Waals surface area contributed by atoms with Gasteiger partial charge in [-0.1, -0.05) is 0 Å². The minimum Gasteiger partial charge on any atom is -0.397 e. The lowest BCUT2D eigenvalue weighted by molar-refractivity contribution is 0.102. The van der Waals surface area contributed by atoms with Crippen LogP contribution in [0.5, 0.6) is 0 Å². The topological polar surface area (TPSA) is 58.4 Å². The molecule has 6 heteroatoms. The Morgan fingerprint density at radius 1 is 1.10 bits per heavy atom. The van der Waals surface area contributed by atoms with Gasteiger partial charge in [-0.05, 0) is 36.4 Å². The Kier molecular flexibility index (Phi) is 4.07. The first kappa shape index (κ1) is 14.8. The predicted molar refractivity (Wildman–Crippen MR) is 79.5 cm³/mol.